The standard InChI is InChI=1S/C17H18N2O2/c1-4-18(3)17-11-10-15(19(20)21)12-16(17)13(2)14-8-6-5-7-9-14/h5-12H,2,4H2,1,3H3. The number of nitro groups is 1. The van der Waals surface area contributed by atoms with Gasteiger partial charge in [0.2, 0.25) is 0 Å². The number of hydrogen-bond acceptors (Lipinski definition) is 3. The third kappa shape index (κ3) is 3.11. The third-order valence-corrected chi connectivity index (χ3v) is 3.52. The molecule has 0 aromatic heterocycles. The van der Waals surface area contributed by atoms with Crippen molar-refractivity contribution >= 4 is 16.9 Å². The molecule has 0 unspecified atom stereocenters. The fraction of sp³-hybridized carbons (Fsp3) is 0.176. The zero-order chi connectivity index (χ0) is 15.4. The molecule has 0 fully saturated rings. The van der Waals surface area contributed by atoms with Gasteiger partial charge in [-0.15, -0.1) is 0 Å². The van der Waals surface area contributed by atoms with Gasteiger partial charge in [-0.25, -0.2) is 0 Å². The van der Waals surface area contributed by atoms with Crippen LogP contribution in [0.1, 0.15) is 18.1 Å². The Balaban J connectivity index is 2.55. The molecule has 0 saturated carbocycles. The zero-order valence-corrected chi connectivity index (χ0v) is 12.2. The van der Waals surface area contributed by atoms with E-state index in [1.165, 1.54) is 6.07 Å². The van der Waals surface area contributed by atoms with E-state index in [0.29, 0.717) is 0 Å². The average molecular weight is 282 g/mol. The number of nitrogens with zero attached hydrogens (tertiary/aromatic N) is 2. The maximum atomic E-state index is 11.0. The highest BCUT2D eigenvalue weighted by molar-refractivity contribution is 5.86. The molecule has 4 heteroatoms. The molecular formula is C17H18N2O2. The van der Waals surface area contributed by atoms with Crippen LogP contribution < -0.4 is 4.90 Å². The van der Waals surface area contributed by atoms with Gasteiger partial charge in [-0.2, -0.15) is 0 Å². The van der Waals surface area contributed by atoms with Crippen LogP contribution in [0.4, 0.5) is 11.4 Å². The quantitative estimate of drug-likeness (QED) is 0.612. The van der Waals surface area contributed by atoms with E-state index in [9.17, 15) is 10.1 Å². The highest BCUT2D eigenvalue weighted by Gasteiger charge is 2.15. The van der Waals surface area contributed by atoms with Crippen molar-refractivity contribution in [2.24, 2.45) is 0 Å². The van der Waals surface area contributed by atoms with Crippen molar-refractivity contribution in [1.29, 1.82) is 0 Å². The molecule has 4 nitrogen and oxygen atoms in total. The van der Waals surface area contributed by atoms with Gasteiger partial charge in [0.25, 0.3) is 5.69 Å². The minimum absolute atomic E-state index is 0.0790. The van der Waals surface area contributed by atoms with Gasteiger partial charge in [0.1, 0.15) is 0 Å². The fourth-order valence-corrected chi connectivity index (χ4v) is 2.18. The van der Waals surface area contributed by atoms with Crippen LogP contribution in [0.2, 0.25) is 0 Å². The Labute approximate surface area is 124 Å². The van der Waals surface area contributed by atoms with Crippen LogP contribution in [0.3, 0.4) is 0 Å². The van der Waals surface area contributed by atoms with Gasteiger partial charge in [-0.05, 0) is 24.1 Å². The number of rotatable bonds is 5. The van der Waals surface area contributed by atoms with Crippen LogP contribution in [0, 0.1) is 10.1 Å². The molecule has 0 spiro atoms. The summed E-state index contributed by atoms with van der Waals surface area (Å²) >= 11 is 0. The number of anilines is 1. The van der Waals surface area contributed by atoms with Gasteiger partial charge in [0.15, 0.2) is 0 Å². The van der Waals surface area contributed by atoms with Crippen molar-refractivity contribution in [3.05, 3.63) is 76.4 Å². The lowest BCUT2D eigenvalue weighted by Crippen LogP contribution is -2.17. The lowest BCUT2D eigenvalue weighted by Gasteiger charge is -2.21. The Morgan fingerprint density at radius 3 is 2.48 bits per heavy atom. The maximum Gasteiger partial charge on any atom is 0.270 e. The Hall–Kier alpha value is -2.62. The largest absolute Gasteiger partial charge is 0.374 e. The number of nitro benzene ring substituents is 1. The monoisotopic (exact) mass is 282 g/mol. The molecule has 0 aliphatic carbocycles. The van der Waals surface area contributed by atoms with E-state index < -0.39 is 0 Å². The summed E-state index contributed by atoms with van der Waals surface area (Å²) in [6.07, 6.45) is 0. The average Bonchev–Trinajstić information content (AvgIpc) is 2.53. The van der Waals surface area contributed by atoms with E-state index in [2.05, 4.69) is 6.58 Å². The summed E-state index contributed by atoms with van der Waals surface area (Å²) in [5, 5.41) is 11.0. The van der Waals surface area contributed by atoms with E-state index in [-0.39, 0.29) is 10.6 Å². The van der Waals surface area contributed by atoms with Crippen LogP contribution in [0.15, 0.2) is 55.1 Å². The summed E-state index contributed by atoms with van der Waals surface area (Å²) in [6.45, 7) is 6.97. The fourth-order valence-electron chi connectivity index (χ4n) is 2.18. The summed E-state index contributed by atoms with van der Waals surface area (Å²) in [5.41, 5.74) is 3.56. The van der Waals surface area contributed by atoms with Crippen molar-refractivity contribution in [3.63, 3.8) is 0 Å². The lowest BCUT2D eigenvalue weighted by molar-refractivity contribution is -0.384. The van der Waals surface area contributed by atoms with Gasteiger partial charge < -0.3 is 4.90 Å². The van der Waals surface area contributed by atoms with Gasteiger partial charge in [-0.1, -0.05) is 36.9 Å². The van der Waals surface area contributed by atoms with Crippen molar-refractivity contribution < 1.29 is 4.92 Å². The van der Waals surface area contributed by atoms with Crippen molar-refractivity contribution in [2.45, 2.75) is 6.92 Å². The molecule has 0 aliphatic heterocycles. The summed E-state index contributed by atoms with van der Waals surface area (Å²) in [5.74, 6) is 0. The number of non-ortho nitro benzene ring substituents is 1. The molecule has 0 bridgehead atoms. The summed E-state index contributed by atoms with van der Waals surface area (Å²) in [6, 6.07) is 14.6. The predicted molar refractivity (Wildman–Crippen MR) is 86.6 cm³/mol. The first kappa shape index (κ1) is 14.8. The Morgan fingerprint density at radius 1 is 1.24 bits per heavy atom. The molecule has 0 N–H and O–H groups in total. The van der Waals surface area contributed by atoms with Crippen molar-refractivity contribution in [1.82, 2.24) is 0 Å². The van der Waals surface area contributed by atoms with E-state index >= 15 is 0 Å². The van der Waals surface area contributed by atoms with Crippen molar-refractivity contribution in [2.75, 3.05) is 18.5 Å². The molecule has 0 aliphatic rings. The second kappa shape index (κ2) is 6.22. The van der Waals surface area contributed by atoms with Gasteiger partial charge in [0, 0.05) is 37.0 Å². The molecule has 0 atom stereocenters. The first-order valence-corrected chi connectivity index (χ1v) is 6.79. The molecule has 2 aromatic rings. The number of benzene rings is 2. The Kier molecular flexibility index (Phi) is 4.38. The topological polar surface area (TPSA) is 46.4 Å². The zero-order valence-electron chi connectivity index (χ0n) is 12.2. The molecule has 0 saturated heterocycles. The second-order valence-electron chi connectivity index (χ2n) is 4.82. The summed E-state index contributed by atoms with van der Waals surface area (Å²) < 4.78 is 0. The molecular weight excluding hydrogens is 264 g/mol. The highest BCUT2D eigenvalue weighted by atomic mass is 16.6. The molecule has 2 aromatic carbocycles. The van der Waals surface area contributed by atoms with Gasteiger partial charge >= 0.3 is 0 Å². The van der Waals surface area contributed by atoms with Crippen LogP contribution in [0.5, 0.6) is 0 Å². The van der Waals surface area contributed by atoms with E-state index in [4.69, 9.17) is 0 Å². The van der Waals surface area contributed by atoms with E-state index in [1.54, 1.807) is 12.1 Å². The predicted octanol–water partition coefficient (Wildman–Crippen LogP) is 4.11. The summed E-state index contributed by atoms with van der Waals surface area (Å²) in [7, 11) is 1.96. The Bertz CT molecular complexity index is 666. The van der Waals surface area contributed by atoms with Crippen LogP contribution in [-0.4, -0.2) is 18.5 Å². The SMILES string of the molecule is C=C(c1ccccc1)c1cc([N+](=O)[O-])ccc1N(C)CC. The highest BCUT2D eigenvalue weighted by Crippen LogP contribution is 2.33. The second-order valence-corrected chi connectivity index (χ2v) is 4.82. The minimum Gasteiger partial charge on any atom is -0.374 e. The first-order valence-electron chi connectivity index (χ1n) is 6.79. The smallest absolute Gasteiger partial charge is 0.270 e. The maximum absolute atomic E-state index is 11.0. The summed E-state index contributed by atoms with van der Waals surface area (Å²) in [4.78, 5) is 12.7. The molecule has 2 rings (SSSR count). The van der Waals surface area contributed by atoms with E-state index in [0.717, 1.165) is 28.9 Å². The minimum atomic E-state index is -0.377. The first-order chi connectivity index (χ1) is 10.0. The molecule has 108 valence electrons. The molecule has 21 heavy (non-hydrogen) atoms. The molecule has 0 radical (unpaired) electrons. The Morgan fingerprint density at radius 2 is 1.90 bits per heavy atom. The normalized spacial score (nSPS) is 10.2. The molecule has 0 heterocycles. The van der Waals surface area contributed by atoms with Crippen LogP contribution in [0.25, 0.3) is 5.57 Å². The molecule has 0 amide bonds. The third-order valence-electron chi connectivity index (χ3n) is 3.52. The van der Waals surface area contributed by atoms with Crippen LogP contribution >= 0.6 is 0 Å². The van der Waals surface area contributed by atoms with E-state index in [1.807, 2.05) is 49.2 Å². The van der Waals surface area contributed by atoms with Crippen molar-refractivity contribution in [3.8, 4) is 0 Å². The van der Waals surface area contributed by atoms with Crippen LogP contribution in [-0.2, 0) is 0 Å². The van der Waals surface area contributed by atoms with Gasteiger partial charge in [0.05, 0.1) is 4.92 Å². The number of hydrogen-bond donors (Lipinski definition) is 0. The van der Waals surface area contributed by atoms with Gasteiger partial charge in [-0.3, -0.25) is 10.1 Å². The lowest BCUT2D eigenvalue weighted by atomic mass is 9.97.